The minimum Gasteiger partial charge on any atom is -0.332 e. The van der Waals surface area contributed by atoms with Crippen LogP contribution in [0.4, 0.5) is 4.79 Å². The zero-order valence-corrected chi connectivity index (χ0v) is 13.0. The Morgan fingerprint density at radius 1 is 0.955 bits per heavy atom. The van der Waals surface area contributed by atoms with Crippen LogP contribution in [-0.2, 0) is 13.1 Å². The Morgan fingerprint density at radius 2 is 1.45 bits per heavy atom. The molecule has 0 saturated carbocycles. The molecule has 2 aromatic carbocycles. The van der Waals surface area contributed by atoms with E-state index in [0.717, 1.165) is 16.1 Å². The van der Waals surface area contributed by atoms with Gasteiger partial charge in [-0.15, -0.1) is 4.91 Å². The van der Waals surface area contributed by atoms with E-state index in [0.29, 0.717) is 10.0 Å². The van der Waals surface area contributed by atoms with E-state index < -0.39 is 6.03 Å². The predicted octanol–water partition coefficient (Wildman–Crippen LogP) is 4.39. The zero-order chi connectivity index (χ0) is 15.9. The average Bonchev–Trinajstić information content (AvgIpc) is 2.53. The standard InChI is InChI=1S/C15H13Cl2N3O2/c16-13-5-1-11(2-6-13)9-18-15(21)20(19-22)10-12-3-7-14(17)8-4-12/h1-8H,9-10H2,(H,18,21). The van der Waals surface area contributed by atoms with E-state index >= 15 is 0 Å². The van der Waals surface area contributed by atoms with Gasteiger partial charge in [0.1, 0.15) is 0 Å². The molecule has 114 valence electrons. The van der Waals surface area contributed by atoms with Gasteiger partial charge in [0.05, 0.1) is 11.8 Å². The number of urea groups is 1. The molecule has 0 spiro atoms. The number of benzene rings is 2. The molecule has 1 N–H and O–H groups in total. The van der Waals surface area contributed by atoms with Crippen molar-refractivity contribution in [3.05, 3.63) is 74.6 Å². The van der Waals surface area contributed by atoms with E-state index in [-0.39, 0.29) is 13.1 Å². The molecular weight excluding hydrogens is 325 g/mol. The van der Waals surface area contributed by atoms with E-state index in [4.69, 9.17) is 23.2 Å². The topological polar surface area (TPSA) is 61.8 Å². The molecule has 0 unspecified atom stereocenters. The molecule has 5 nitrogen and oxygen atoms in total. The number of amides is 2. The van der Waals surface area contributed by atoms with Crippen LogP contribution in [0.1, 0.15) is 11.1 Å². The van der Waals surface area contributed by atoms with Crippen LogP contribution in [0.2, 0.25) is 10.0 Å². The zero-order valence-electron chi connectivity index (χ0n) is 11.5. The molecule has 7 heteroatoms. The third kappa shape index (κ3) is 4.72. The van der Waals surface area contributed by atoms with Crippen molar-refractivity contribution in [1.82, 2.24) is 10.3 Å². The minimum atomic E-state index is -0.570. The summed E-state index contributed by atoms with van der Waals surface area (Å²) in [6.07, 6.45) is 0. The first-order valence-electron chi connectivity index (χ1n) is 6.46. The number of rotatable bonds is 5. The van der Waals surface area contributed by atoms with Crippen molar-refractivity contribution in [1.29, 1.82) is 0 Å². The average molecular weight is 338 g/mol. The van der Waals surface area contributed by atoms with Crippen LogP contribution in [0.5, 0.6) is 0 Å². The maximum Gasteiger partial charge on any atom is 0.341 e. The minimum absolute atomic E-state index is 0.0765. The van der Waals surface area contributed by atoms with E-state index in [1.54, 1.807) is 48.5 Å². The fourth-order valence-electron chi connectivity index (χ4n) is 1.77. The molecule has 2 aromatic rings. The predicted molar refractivity (Wildman–Crippen MR) is 86.5 cm³/mol. The normalized spacial score (nSPS) is 10.1. The Morgan fingerprint density at radius 3 is 1.95 bits per heavy atom. The van der Waals surface area contributed by atoms with Crippen LogP contribution in [0, 0.1) is 4.91 Å². The summed E-state index contributed by atoms with van der Waals surface area (Å²) in [4.78, 5) is 22.8. The van der Waals surface area contributed by atoms with Crippen LogP contribution >= 0.6 is 23.2 Å². The monoisotopic (exact) mass is 337 g/mol. The van der Waals surface area contributed by atoms with E-state index in [1.165, 1.54) is 0 Å². The Bertz CT molecular complexity index is 645. The first-order valence-corrected chi connectivity index (χ1v) is 7.21. The smallest absolute Gasteiger partial charge is 0.332 e. The van der Waals surface area contributed by atoms with Crippen LogP contribution in [0.3, 0.4) is 0 Å². The molecule has 0 saturated heterocycles. The van der Waals surface area contributed by atoms with E-state index in [2.05, 4.69) is 10.6 Å². The Kier molecular flexibility index (Phi) is 5.75. The lowest BCUT2D eigenvalue weighted by molar-refractivity contribution is 0.196. The number of hydrogen-bond acceptors (Lipinski definition) is 3. The number of hydrogen-bond donors (Lipinski definition) is 1. The van der Waals surface area contributed by atoms with Gasteiger partial charge in [0.2, 0.25) is 0 Å². The van der Waals surface area contributed by atoms with Gasteiger partial charge in [-0.1, -0.05) is 47.5 Å². The van der Waals surface area contributed by atoms with Gasteiger partial charge in [-0.2, -0.15) is 5.01 Å². The molecule has 0 radical (unpaired) electrons. The van der Waals surface area contributed by atoms with Crippen molar-refractivity contribution >= 4 is 29.2 Å². The molecule has 2 amide bonds. The van der Waals surface area contributed by atoms with Gasteiger partial charge < -0.3 is 5.32 Å². The fraction of sp³-hybridized carbons (Fsp3) is 0.133. The summed E-state index contributed by atoms with van der Waals surface area (Å²) < 4.78 is 0. The van der Waals surface area contributed by atoms with Crippen molar-refractivity contribution < 1.29 is 4.79 Å². The molecule has 0 atom stereocenters. The summed E-state index contributed by atoms with van der Waals surface area (Å²) in [5.74, 6) is 0. The van der Waals surface area contributed by atoms with Crippen LogP contribution in [-0.4, -0.2) is 11.0 Å². The second kappa shape index (κ2) is 7.77. The summed E-state index contributed by atoms with van der Waals surface area (Å²) in [6, 6.07) is 13.3. The van der Waals surface area contributed by atoms with Gasteiger partial charge >= 0.3 is 6.03 Å². The molecule has 2 rings (SSSR count). The van der Waals surface area contributed by atoms with Crippen LogP contribution in [0.15, 0.2) is 53.8 Å². The van der Waals surface area contributed by atoms with Gasteiger partial charge in [0.15, 0.2) is 0 Å². The van der Waals surface area contributed by atoms with E-state index in [9.17, 15) is 9.70 Å². The van der Waals surface area contributed by atoms with Gasteiger partial charge in [-0.3, -0.25) is 0 Å². The van der Waals surface area contributed by atoms with Crippen LogP contribution in [0.25, 0.3) is 0 Å². The first kappa shape index (κ1) is 16.3. The fourth-order valence-corrected chi connectivity index (χ4v) is 2.02. The van der Waals surface area contributed by atoms with Crippen LogP contribution < -0.4 is 5.32 Å². The number of nitrogens with zero attached hydrogens (tertiary/aromatic N) is 2. The van der Waals surface area contributed by atoms with Crippen molar-refractivity contribution in [3.63, 3.8) is 0 Å². The third-order valence-corrected chi connectivity index (χ3v) is 3.44. The summed E-state index contributed by atoms with van der Waals surface area (Å²) in [7, 11) is 0. The second-order valence-electron chi connectivity index (χ2n) is 4.55. The van der Waals surface area contributed by atoms with Gasteiger partial charge in [0.25, 0.3) is 0 Å². The van der Waals surface area contributed by atoms with Gasteiger partial charge in [-0.05, 0) is 35.4 Å². The second-order valence-corrected chi connectivity index (χ2v) is 5.42. The lowest BCUT2D eigenvalue weighted by Crippen LogP contribution is -2.35. The van der Waals surface area contributed by atoms with Gasteiger partial charge in [0, 0.05) is 16.6 Å². The molecule has 0 heterocycles. The number of halogens is 2. The number of carbonyl (C=O) groups is 1. The Hall–Kier alpha value is -2.11. The highest BCUT2D eigenvalue weighted by Gasteiger charge is 2.14. The summed E-state index contributed by atoms with van der Waals surface area (Å²) >= 11 is 11.6. The van der Waals surface area contributed by atoms with Crippen molar-refractivity contribution in [2.45, 2.75) is 13.1 Å². The molecular formula is C15H13Cl2N3O2. The molecule has 0 bridgehead atoms. The highest BCUT2D eigenvalue weighted by molar-refractivity contribution is 6.30. The molecule has 0 aliphatic heterocycles. The largest absolute Gasteiger partial charge is 0.341 e. The summed E-state index contributed by atoms with van der Waals surface area (Å²) in [5.41, 5.74) is 1.63. The molecule has 0 fully saturated rings. The SMILES string of the molecule is O=NN(Cc1ccc(Cl)cc1)C(=O)NCc1ccc(Cl)cc1. The third-order valence-electron chi connectivity index (χ3n) is 2.94. The van der Waals surface area contributed by atoms with Crippen molar-refractivity contribution in [2.24, 2.45) is 5.29 Å². The summed E-state index contributed by atoms with van der Waals surface area (Å²) in [5, 5.41) is 7.40. The number of carbonyl (C=O) groups excluding carboxylic acids is 1. The van der Waals surface area contributed by atoms with Gasteiger partial charge in [-0.25, -0.2) is 4.79 Å². The summed E-state index contributed by atoms with van der Waals surface area (Å²) in [6.45, 7) is 0.357. The quantitative estimate of drug-likeness (QED) is 0.649. The highest BCUT2D eigenvalue weighted by Crippen LogP contribution is 2.12. The molecule has 0 aliphatic carbocycles. The number of nitroso groups, excluding NO2 is 1. The lowest BCUT2D eigenvalue weighted by Gasteiger charge is -2.14. The maximum absolute atomic E-state index is 12.0. The highest BCUT2D eigenvalue weighted by atomic mass is 35.5. The Labute approximate surface area is 137 Å². The molecule has 22 heavy (non-hydrogen) atoms. The van der Waals surface area contributed by atoms with Crippen molar-refractivity contribution in [3.8, 4) is 0 Å². The number of nitrogens with one attached hydrogen (secondary N) is 1. The van der Waals surface area contributed by atoms with Crippen molar-refractivity contribution in [2.75, 3.05) is 0 Å². The maximum atomic E-state index is 12.0. The first-order chi connectivity index (χ1) is 10.6. The van der Waals surface area contributed by atoms with E-state index in [1.807, 2.05) is 0 Å². The molecule has 0 aliphatic rings. The Balaban J connectivity index is 1.92. The molecule has 0 aromatic heterocycles. The lowest BCUT2D eigenvalue weighted by atomic mass is 10.2.